The lowest BCUT2D eigenvalue weighted by Crippen LogP contribution is -2.34. The van der Waals surface area contributed by atoms with E-state index >= 15 is 0 Å². The lowest BCUT2D eigenvalue weighted by atomic mass is 9.94. The van der Waals surface area contributed by atoms with Gasteiger partial charge in [-0.2, -0.15) is 0 Å². The van der Waals surface area contributed by atoms with Crippen molar-refractivity contribution in [1.29, 1.82) is 0 Å². The second-order valence-corrected chi connectivity index (χ2v) is 5.37. The summed E-state index contributed by atoms with van der Waals surface area (Å²) in [7, 11) is 0. The molecule has 0 saturated heterocycles. The zero-order valence-corrected chi connectivity index (χ0v) is 10.6. The van der Waals surface area contributed by atoms with E-state index in [9.17, 15) is 4.79 Å². The highest BCUT2D eigenvalue weighted by atomic mass is 16.1. The number of carbonyl (C=O) groups excluding carboxylic acids is 1. The molecule has 0 saturated carbocycles. The molecule has 88 valence electrons. The van der Waals surface area contributed by atoms with Crippen LogP contribution in [0.2, 0.25) is 0 Å². The highest BCUT2D eigenvalue weighted by Crippen LogP contribution is 2.17. The highest BCUT2D eigenvalue weighted by molar-refractivity contribution is 5.96. The summed E-state index contributed by atoms with van der Waals surface area (Å²) < 4.78 is 0. The van der Waals surface area contributed by atoms with Crippen molar-refractivity contribution in [2.24, 2.45) is 5.73 Å². The molecular weight excluding hydrogens is 198 g/mol. The SMILES string of the molecule is CC(C)c1ccc(C(=O)CC(C)(C)N)cc1. The third-order valence-electron chi connectivity index (χ3n) is 2.52. The third-order valence-corrected chi connectivity index (χ3v) is 2.52. The molecule has 0 radical (unpaired) electrons. The van der Waals surface area contributed by atoms with Crippen molar-refractivity contribution >= 4 is 5.78 Å². The van der Waals surface area contributed by atoms with E-state index in [2.05, 4.69) is 13.8 Å². The minimum atomic E-state index is -0.437. The third kappa shape index (κ3) is 3.78. The topological polar surface area (TPSA) is 43.1 Å². The average Bonchev–Trinajstić information content (AvgIpc) is 2.15. The lowest BCUT2D eigenvalue weighted by molar-refractivity contribution is 0.0960. The van der Waals surface area contributed by atoms with E-state index in [-0.39, 0.29) is 5.78 Å². The molecule has 0 aliphatic carbocycles. The van der Waals surface area contributed by atoms with Crippen molar-refractivity contribution in [1.82, 2.24) is 0 Å². The van der Waals surface area contributed by atoms with Crippen LogP contribution in [0.5, 0.6) is 0 Å². The first-order valence-corrected chi connectivity index (χ1v) is 5.71. The van der Waals surface area contributed by atoms with Gasteiger partial charge in [0.15, 0.2) is 5.78 Å². The lowest BCUT2D eigenvalue weighted by Gasteiger charge is -2.17. The second-order valence-electron chi connectivity index (χ2n) is 5.37. The first kappa shape index (κ1) is 12.9. The largest absolute Gasteiger partial charge is 0.325 e. The van der Waals surface area contributed by atoms with E-state index in [1.54, 1.807) is 0 Å². The molecule has 0 aliphatic heterocycles. The van der Waals surface area contributed by atoms with Crippen LogP contribution in [0, 0.1) is 0 Å². The van der Waals surface area contributed by atoms with Crippen LogP contribution in [-0.2, 0) is 0 Å². The molecule has 0 aliphatic rings. The number of benzene rings is 1. The van der Waals surface area contributed by atoms with Crippen LogP contribution in [0.1, 0.15) is 56.0 Å². The highest BCUT2D eigenvalue weighted by Gasteiger charge is 2.17. The molecule has 0 unspecified atom stereocenters. The van der Waals surface area contributed by atoms with E-state index in [0.29, 0.717) is 12.3 Å². The number of Topliss-reactive ketones (excluding diaryl/α,β-unsaturated/α-hetero) is 1. The summed E-state index contributed by atoms with van der Waals surface area (Å²) in [5.74, 6) is 0.609. The van der Waals surface area contributed by atoms with Gasteiger partial charge in [-0.3, -0.25) is 4.79 Å². The Morgan fingerprint density at radius 2 is 1.75 bits per heavy atom. The first-order valence-electron chi connectivity index (χ1n) is 5.71. The number of rotatable bonds is 4. The number of nitrogens with two attached hydrogens (primary N) is 1. The fraction of sp³-hybridized carbons (Fsp3) is 0.500. The van der Waals surface area contributed by atoms with Crippen molar-refractivity contribution in [3.05, 3.63) is 35.4 Å². The molecular formula is C14H21NO. The number of carbonyl (C=O) groups is 1. The van der Waals surface area contributed by atoms with Gasteiger partial charge in [0.05, 0.1) is 0 Å². The Morgan fingerprint density at radius 1 is 1.25 bits per heavy atom. The molecule has 2 nitrogen and oxygen atoms in total. The summed E-state index contributed by atoms with van der Waals surface area (Å²) in [6.45, 7) is 8.01. The summed E-state index contributed by atoms with van der Waals surface area (Å²) in [5.41, 5.74) is 7.40. The fourth-order valence-electron chi connectivity index (χ4n) is 1.57. The van der Waals surface area contributed by atoms with E-state index in [1.807, 2.05) is 38.1 Å². The summed E-state index contributed by atoms with van der Waals surface area (Å²) in [5, 5.41) is 0. The smallest absolute Gasteiger partial charge is 0.164 e. The molecule has 0 spiro atoms. The predicted octanol–water partition coefficient (Wildman–Crippen LogP) is 3.12. The molecule has 0 bridgehead atoms. The Bertz CT molecular complexity index is 357. The normalized spacial score (nSPS) is 11.9. The van der Waals surface area contributed by atoms with Crippen LogP contribution in [0.25, 0.3) is 0 Å². The monoisotopic (exact) mass is 219 g/mol. The molecule has 2 N–H and O–H groups in total. The fourth-order valence-corrected chi connectivity index (χ4v) is 1.57. The quantitative estimate of drug-likeness (QED) is 0.791. The van der Waals surface area contributed by atoms with Crippen molar-refractivity contribution in [2.75, 3.05) is 0 Å². The van der Waals surface area contributed by atoms with Gasteiger partial charge in [0.2, 0.25) is 0 Å². The van der Waals surface area contributed by atoms with Crippen molar-refractivity contribution in [3.63, 3.8) is 0 Å². The standard InChI is InChI=1S/C14H21NO/c1-10(2)11-5-7-12(8-6-11)13(16)9-14(3,4)15/h5-8,10H,9,15H2,1-4H3. The molecule has 0 fully saturated rings. The minimum Gasteiger partial charge on any atom is -0.325 e. The molecule has 0 aromatic heterocycles. The molecule has 2 heteroatoms. The van der Waals surface area contributed by atoms with Crippen molar-refractivity contribution in [3.8, 4) is 0 Å². The van der Waals surface area contributed by atoms with Gasteiger partial charge in [-0.25, -0.2) is 0 Å². The Labute approximate surface area is 97.9 Å². The van der Waals surface area contributed by atoms with Crippen LogP contribution in [0.15, 0.2) is 24.3 Å². The van der Waals surface area contributed by atoms with Gasteiger partial charge in [-0.1, -0.05) is 38.1 Å². The Hall–Kier alpha value is -1.15. The van der Waals surface area contributed by atoms with E-state index in [1.165, 1.54) is 5.56 Å². The molecule has 0 heterocycles. The Morgan fingerprint density at radius 3 is 2.12 bits per heavy atom. The van der Waals surface area contributed by atoms with Gasteiger partial charge in [-0.05, 0) is 25.3 Å². The van der Waals surface area contributed by atoms with Crippen LogP contribution in [0.3, 0.4) is 0 Å². The van der Waals surface area contributed by atoms with Crippen molar-refractivity contribution in [2.45, 2.75) is 45.6 Å². The summed E-state index contributed by atoms with van der Waals surface area (Å²) >= 11 is 0. The number of ketones is 1. The number of hydrogen-bond acceptors (Lipinski definition) is 2. The van der Waals surface area contributed by atoms with E-state index < -0.39 is 5.54 Å². The molecule has 1 aromatic rings. The summed E-state index contributed by atoms with van der Waals surface area (Å²) in [6.07, 6.45) is 0.383. The molecule has 16 heavy (non-hydrogen) atoms. The van der Waals surface area contributed by atoms with Gasteiger partial charge < -0.3 is 5.73 Å². The zero-order valence-electron chi connectivity index (χ0n) is 10.6. The van der Waals surface area contributed by atoms with Crippen LogP contribution >= 0.6 is 0 Å². The Kier molecular flexibility index (Phi) is 3.87. The van der Waals surface area contributed by atoms with E-state index in [4.69, 9.17) is 5.73 Å². The average molecular weight is 219 g/mol. The predicted molar refractivity (Wildman–Crippen MR) is 67.7 cm³/mol. The molecule has 1 rings (SSSR count). The van der Waals surface area contributed by atoms with Crippen LogP contribution in [0.4, 0.5) is 0 Å². The molecule has 0 amide bonds. The van der Waals surface area contributed by atoms with Gasteiger partial charge in [-0.15, -0.1) is 0 Å². The molecule has 0 atom stereocenters. The zero-order chi connectivity index (χ0) is 12.3. The maximum atomic E-state index is 11.9. The Balaban J connectivity index is 2.78. The van der Waals surface area contributed by atoms with E-state index in [0.717, 1.165) is 5.56 Å². The first-order chi connectivity index (χ1) is 7.29. The van der Waals surface area contributed by atoms with Gasteiger partial charge >= 0.3 is 0 Å². The molecule has 1 aromatic carbocycles. The van der Waals surface area contributed by atoms with Gasteiger partial charge in [0, 0.05) is 17.5 Å². The second kappa shape index (κ2) is 4.79. The van der Waals surface area contributed by atoms with Crippen molar-refractivity contribution < 1.29 is 4.79 Å². The maximum Gasteiger partial charge on any atom is 0.164 e. The summed E-state index contributed by atoms with van der Waals surface area (Å²) in [6, 6.07) is 7.82. The summed E-state index contributed by atoms with van der Waals surface area (Å²) in [4.78, 5) is 11.9. The van der Waals surface area contributed by atoms with Gasteiger partial charge in [0.1, 0.15) is 0 Å². The van der Waals surface area contributed by atoms with Crippen LogP contribution in [-0.4, -0.2) is 11.3 Å². The van der Waals surface area contributed by atoms with Crippen LogP contribution < -0.4 is 5.73 Å². The maximum absolute atomic E-state index is 11.9. The number of hydrogen-bond donors (Lipinski definition) is 1. The van der Waals surface area contributed by atoms with Gasteiger partial charge in [0.25, 0.3) is 0 Å². The minimum absolute atomic E-state index is 0.114.